The second kappa shape index (κ2) is 16.1. The lowest BCUT2D eigenvalue weighted by Gasteiger charge is -2.18. The van der Waals surface area contributed by atoms with Crippen LogP contribution in [0.15, 0.2) is 32.0 Å². The van der Waals surface area contributed by atoms with Crippen molar-refractivity contribution in [2.45, 2.75) is 58.2 Å². The van der Waals surface area contributed by atoms with Crippen molar-refractivity contribution < 1.29 is 43.0 Å². The van der Waals surface area contributed by atoms with Crippen LogP contribution in [0, 0.1) is 35.5 Å². The van der Waals surface area contributed by atoms with E-state index in [0.29, 0.717) is 54.4 Å². The highest BCUT2D eigenvalue weighted by Crippen LogP contribution is 2.27. The zero-order valence-electron chi connectivity index (χ0n) is 27.4. The van der Waals surface area contributed by atoms with Gasteiger partial charge in [-0.1, -0.05) is 0 Å². The largest absolute Gasteiger partial charge is 0.481 e. The Labute approximate surface area is 283 Å². The molecule has 0 amide bonds. The van der Waals surface area contributed by atoms with Crippen LogP contribution in [0.2, 0.25) is 0 Å². The lowest BCUT2D eigenvalue weighted by atomic mass is 9.88. The van der Waals surface area contributed by atoms with Crippen molar-refractivity contribution in [3.05, 3.63) is 53.5 Å². The van der Waals surface area contributed by atoms with Crippen LogP contribution >= 0.6 is 0 Å². The van der Waals surface area contributed by atoms with Crippen LogP contribution in [0.3, 0.4) is 0 Å². The third-order valence-corrected chi connectivity index (χ3v) is 10.1. The molecule has 6 rings (SSSR count). The lowest BCUT2D eigenvalue weighted by molar-refractivity contribution is -0.144. The fourth-order valence-corrected chi connectivity index (χ4v) is 7.39. The number of nitrogens with zero attached hydrogens (tertiary/aromatic N) is 4. The van der Waals surface area contributed by atoms with Gasteiger partial charge in [0.15, 0.2) is 0 Å². The monoisotopic (exact) mass is 683 g/mol. The van der Waals surface area contributed by atoms with Gasteiger partial charge in [-0.05, 0) is 76.3 Å². The minimum atomic E-state index is -0.858. The van der Waals surface area contributed by atoms with Gasteiger partial charge in [-0.25, -0.2) is 15.0 Å². The van der Waals surface area contributed by atoms with Gasteiger partial charge >= 0.3 is 17.9 Å². The first kappa shape index (κ1) is 34.7. The molecule has 16 nitrogen and oxygen atoms in total. The van der Waals surface area contributed by atoms with Gasteiger partial charge in [-0.3, -0.25) is 19.3 Å². The van der Waals surface area contributed by atoms with E-state index < -0.39 is 35.7 Å². The summed E-state index contributed by atoms with van der Waals surface area (Å²) in [5, 5.41) is 39.3. The van der Waals surface area contributed by atoms with E-state index in [1.807, 2.05) is 4.90 Å². The summed E-state index contributed by atoms with van der Waals surface area (Å²) in [7, 11) is 0. The Morgan fingerprint density at radius 2 is 0.918 bits per heavy atom. The summed E-state index contributed by atoms with van der Waals surface area (Å²) in [5.74, 6) is -3.17. The van der Waals surface area contributed by atoms with Crippen LogP contribution in [0.25, 0.3) is 0 Å². The standard InChI is InChI=1S/C33H45N7O9/c41-31(42)25(19-1-4-34-10-19)7-22-16-47-28(37-22)13-40(14-29-38-23(17-48-29)8-26(32(43)44)20-2-5-35-11-20)15-30-39-24(18-49-30)9-27(33(45)46)21-3-6-36-12-21/h16-21,25-27,34-36H,1-15H2,(H,41,42)(H,43,44)(H,45,46). The molecular formula is C33H45N7O9. The Balaban J connectivity index is 1.16. The van der Waals surface area contributed by atoms with Crippen LogP contribution in [0.1, 0.15) is 54.0 Å². The molecule has 3 aromatic heterocycles. The average Bonchev–Trinajstić information content (AvgIpc) is 3.91. The van der Waals surface area contributed by atoms with Crippen LogP contribution in [-0.2, 0) is 53.3 Å². The van der Waals surface area contributed by atoms with E-state index in [0.717, 1.165) is 38.9 Å². The first-order chi connectivity index (χ1) is 23.7. The van der Waals surface area contributed by atoms with Gasteiger partial charge in [0.2, 0.25) is 17.7 Å². The molecule has 0 aliphatic carbocycles. The Kier molecular flexibility index (Phi) is 11.4. The summed E-state index contributed by atoms with van der Waals surface area (Å²) in [5.41, 5.74) is 1.65. The van der Waals surface area contributed by atoms with Gasteiger partial charge in [0.05, 0.1) is 54.5 Å². The molecule has 3 aliphatic heterocycles. The number of carbonyl (C=O) groups is 3. The predicted octanol–water partition coefficient (Wildman–Crippen LogP) is 1.41. The number of hydrogen-bond donors (Lipinski definition) is 6. The number of rotatable bonds is 18. The smallest absolute Gasteiger partial charge is 0.307 e. The molecule has 3 saturated heterocycles. The number of carboxylic acids is 3. The van der Waals surface area contributed by atoms with Gasteiger partial charge in [0, 0.05) is 19.3 Å². The molecule has 0 aromatic carbocycles. The summed E-state index contributed by atoms with van der Waals surface area (Å²) in [6.07, 6.45) is 7.61. The third-order valence-electron chi connectivity index (χ3n) is 10.1. The van der Waals surface area contributed by atoms with Crippen LogP contribution < -0.4 is 16.0 Å². The Morgan fingerprint density at radius 3 is 1.16 bits per heavy atom. The van der Waals surface area contributed by atoms with Gasteiger partial charge in [-0.2, -0.15) is 0 Å². The minimum Gasteiger partial charge on any atom is -0.481 e. The maximum Gasteiger partial charge on any atom is 0.307 e. The molecular weight excluding hydrogens is 638 g/mol. The summed E-state index contributed by atoms with van der Waals surface area (Å²) < 4.78 is 17.4. The Morgan fingerprint density at radius 1 is 0.612 bits per heavy atom. The van der Waals surface area contributed by atoms with Crippen molar-refractivity contribution in [3.8, 4) is 0 Å². The quantitative estimate of drug-likeness (QED) is 0.111. The molecule has 49 heavy (non-hydrogen) atoms. The van der Waals surface area contributed by atoms with E-state index in [4.69, 9.17) is 13.3 Å². The number of hydrogen-bond acceptors (Lipinski definition) is 13. The Bertz CT molecular complexity index is 1370. The predicted molar refractivity (Wildman–Crippen MR) is 170 cm³/mol. The molecule has 266 valence electrons. The molecule has 3 fully saturated rings. The molecule has 16 heteroatoms. The zero-order chi connectivity index (χ0) is 34.3. The Hall–Kier alpha value is -4.12. The number of nitrogens with one attached hydrogen (secondary N) is 3. The average molecular weight is 684 g/mol. The van der Waals surface area contributed by atoms with Crippen molar-refractivity contribution in [2.75, 3.05) is 39.3 Å². The van der Waals surface area contributed by atoms with Crippen LogP contribution in [-0.4, -0.2) is 92.3 Å². The molecule has 6 atom stereocenters. The molecule has 0 bridgehead atoms. The highest BCUT2D eigenvalue weighted by Gasteiger charge is 2.34. The van der Waals surface area contributed by atoms with E-state index >= 15 is 0 Å². The van der Waals surface area contributed by atoms with Gasteiger partial charge in [0.25, 0.3) is 0 Å². The van der Waals surface area contributed by atoms with Crippen molar-refractivity contribution in [1.82, 2.24) is 35.8 Å². The van der Waals surface area contributed by atoms with Crippen molar-refractivity contribution in [3.63, 3.8) is 0 Å². The molecule has 0 radical (unpaired) electrons. The molecule has 6 N–H and O–H groups in total. The number of carboxylic acid groups (broad SMARTS) is 3. The maximum atomic E-state index is 12.0. The highest BCUT2D eigenvalue weighted by molar-refractivity contribution is 5.71. The lowest BCUT2D eigenvalue weighted by Crippen LogP contribution is -2.28. The second-order valence-electron chi connectivity index (χ2n) is 13.5. The van der Waals surface area contributed by atoms with E-state index in [9.17, 15) is 29.7 Å². The minimum absolute atomic E-state index is 0.0175. The third kappa shape index (κ3) is 9.12. The molecule has 6 unspecified atom stereocenters. The van der Waals surface area contributed by atoms with Crippen molar-refractivity contribution >= 4 is 17.9 Å². The fourth-order valence-electron chi connectivity index (χ4n) is 7.39. The van der Waals surface area contributed by atoms with Gasteiger partial charge < -0.3 is 44.5 Å². The zero-order valence-corrected chi connectivity index (χ0v) is 27.4. The molecule has 3 aromatic rings. The van der Waals surface area contributed by atoms with Crippen LogP contribution in [0.4, 0.5) is 0 Å². The van der Waals surface area contributed by atoms with Gasteiger partial charge in [-0.15, -0.1) is 0 Å². The van der Waals surface area contributed by atoms with E-state index in [-0.39, 0.29) is 56.7 Å². The normalized spacial score (nSPS) is 22.8. The molecule has 0 spiro atoms. The topological polar surface area (TPSA) is 229 Å². The molecule has 3 aliphatic rings. The van der Waals surface area contributed by atoms with E-state index in [1.165, 1.54) is 18.8 Å². The summed E-state index contributed by atoms with van der Waals surface area (Å²) >= 11 is 0. The summed E-state index contributed by atoms with van der Waals surface area (Å²) in [6, 6.07) is 0. The van der Waals surface area contributed by atoms with E-state index in [2.05, 4.69) is 30.9 Å². The second-order valence-corrected chi connectivity index (χ2v) is 13.5. The SMILES string of the molecule is O=C(O)C(Cc1coc(CN(Cc2nc(CC(C(=O)O)C3CCNC3)co2)Cc2nc(CC(C(=O)O)C3CCNC3)co2)n1)C1CCNC1. The number of aliphatic carboxylic acids is 3. The number of oxazole rings is 3. The number of aromatic nitrogens is 3. The van der Waals surface area contributed by atoms with Gasteiger partial charge in [0.1, 0.15) is 18.8 Å². The highest BCUT2D eigenvalue weighted by atomic mass is 16.4. The fraction of sp³-hybridized carbons (Fsp3) is 0.636. The summed E-state index contributed by atoms with van der Waals surface area (Å²) in [6.45, 7) is 4.91. The first-order valence-electron chi connectivity index (χ1n) is 17.0. The first-order valence-corrected chi connectivity index (χ1v) is 17.0. The van der Waals surface area contributed by atoms with E-state index in [1.54, 1.807) is 0 Å². The summed E-state index contributed by atoms with van der Waals surface area (Å²) in [4.78, 5) is 51.8. The maximum absolute atomic E-state index is 12.0. The van der Waals surface area contributed by atoms with Crippen molar-refractivity contribution in [2.24, 2.45) is 35.5 Å². The van der Waals surface area contributed by atoms with Crippen LogP contribution in [0.5, 0.6) is 0 Å². The molecule has 6 heterocycles. The molecule has 0 saturated carbocycles. The van der Waals surface area contributed by atoms with Crippen molar-refractivity contribution in [1.29, 1.82) is 0 Å².